The summed E-state index contributed by atoms with van der Waals surface area (Å²) >= 11 is 1.75. The molecule has 3 amide bonds. The molecule has 0 aromatic carbocycles. The van der Waals surface area contributed by atoms with Crippen LogP contribution in [0.5, 0.6) is 0 Å². The molecule has 0 saturated carbocycles. The first-order chi connectivity index (χ1) is 10.6. The lowest BCUT2D eigenvalue weighted by atomic mass is 9.97. The van der Waals surface area contributed by atoms with Gasteiger partial charge in [-0.25, -0.2) is 4.79 Å². The number of piperidine rings is 1. The molecular formula is C16H25N3O2S. The van der Waals surface area contributed by atoms with Gasteiger partial charge in [-0.1, -0.05) is 13.0 Å². The Hall–Kier alpha value is -1.56. The fraction of sp³-hybridized carbons (Fsp3) is 0.625. The lowest BCUT2D eigenvalue weighted by molar-refractivity contribution is -0.125. The van der Waals surface area contributed by atoms with E-state index in [0.717, 1.165) is 25.8 Å². The van der Waals surface area contributed by atoms with Crippen LogP contribution in [-0.4, -0.2) is 43.5 Å². The second kappa shape index (κ2) is 8.17. The second-order valence-electron chi connectivity index (χ2n) is 5.97. The molecule has 1 aromatic rings. The Morgan fingerprint density at radius 3 is 3.00 bits per heavy atom. The number of carbonyl (C=O) groups is 2. The summed E-state index contributed by atoms with van der Waals surface area (Å²) in [6.07, 6.45) is 2.73. The molecule has 2 rings (SSSR count). The van der Waals surface area contributed by atoms with Crippen LogP contribution in [0.3, 0.4) is 0 Å². The van der Waals surface area contributed by atoms with E-state index < -0.39 is 0 Å². The van der Waals surface area contributed by atoms with E-state index in [1.807, 2.05) is 0 Å². The molecule has 1 aliphatic rings. The van der Waals surface area contributed by atoms with Crippen molar-refractivity contribution in [2.75, 3.05) is 26.7 Å². The van der Waals surface area contributed by atoms with Gasteiger partial charge in [0.25, 0.3) is 0 Å². The van der Waals surface area contributed by atoms with Crippen LogP contribution >= 0.6 is 11.3 Å². The first kappa shape index (κ1) is 16.8. The van der Waals surface area contributed by atoms with Crippen molar-refractivity contribution in [2.24, 2.45) is 11.8 Å². The fourth-order valence-electron chi connectivity index (χ4n) is 2.80. The Bertz CT molecular complexity index is 490. The van der Waals surface area contributed by atoms with Gasteiger partial charge >= 0.3 is 6.03 Å². The minimum Gasteiger partial charge on any atom is -0.359 e. The molecule has 6 heteroatoms. The highest BCUT2D eigenvalue weighted by atomic mass is 32.1. The van der Waals surface area contributed by atoms with Gasteiger partial charge in [-0.15, -0.1) is 11.3 Å². The maximum Gasteiger partial charge on any atom is 0.317 e. The van der Waals surface area contributed by atoms with E-state index >= 15 is 0 Å². The number of thiophene rings is 1. The van der Waals surface area contributed by atoms with Gasteiger partial charge in [0.15, 0.2) is 0 Å². The monoisotopic (exact) mass is 323 g/mol. The van der Waals surface area contributed by atoms with Crippen molar-refractivity contribution in [3.63, 3.8) is 0 Å². The van der Waals surface area contributed by atoms with Crippen LogP contribution < -0.4 is 10.6 Å². The van der Waals surface area contributed by atoms with Crippen molar-refractivity contribution in [3.05, 3.63) is 22.4 Å². The first-order valence-electron chi connectivity index (χ1n) is 7.87. The number of hydrogen-bond acceptors (Lipinski definition) is 3. The van der Waals surface area contributed by atoms with Crippen LogP contribution in [0.25, 0.3) is 0 Å². The number of nitrogens with zero attached hydrogens (tertiary/aromatic N) is 1. The highest BCUT2D eigenvalue weighted by Crippen LogP contribution is 2.17. The van der Waals surface area contributed by atoms with Gasteiger partial charge in [-0.2, -0.15) is 0 Å². The highest BCUT2D eigenvalue weighted by Gasteiger charge is 2.27. The van der Waals surface area contributed by atoms with Crippen LogP contribution in [0.15, 0.2) is 17.5 Å². The topological polar surface area (TPSA) is 61.4 Å². The van der Waals surface area contributed by atoms with Crippen molar-refractivity contribution in [2.45, 2.75) is 26.2 Å². The number of carbonyl (C=O) groups excluding carboxylic acids is 2. The SMILES string of the molecule is CNC(=O)[C@@H]1CCCN(C(=O)NC[C@@H](C)Cc2cccs2)C1. The second-order valence-corrected chi connectivity index (χ2v) is 7.01. The lowest BCUT2D eigenvalue weighted by Gasteiger charge is -2.32. The molecule has 2 atom stereocenters. The van der Waals surface area contributed by atoms with E-state index in [2.05, 4.69) is 35.1 Å². The molecule has 22 heavy (non-hydrogen) atoms. The molecule has 1 aromatic heterocycles. The molecule has 1 saturated heterocycles. The van der Waals surface area contributed by atoms with E-state index in [4.69, 9.17) is 0 Å². The molecule has 122 valence electrons. The molecule has 0 aliphatic carbocycles. The number of urea groups is 1. The summed E-state index contributed by atoms with van der Waals surface area (Å²) in [6, 6.07) is 4.13. The zero-order valence-electron chi connectivity index (χ0n) is 13.3. The van der Waals surface area contributed by atoms with Crippen molar-refractivity contribution in [3.8, 4) is 0 Å². The largest absolute Gasteiger partial charge is 0.359 e. The van der Waals surface area contributed by atoms with Gasteiger partial charge < -0.3 is 15.5 Å². The maximum atomic E-state index is 12.2. The quantitative estimate of drug-likeness (QED) is 0.872. The number of likely N-dealkylation sites (tertiary alicyclic amines) is 1. The molecule has 5 nitrogen and oxygen atoms in total. The molecule has 0 bridgehead atoms. The summed E-state index contributed by atoms with van der Waals surface area (Å²) in [6.45, 7) is 4.06. The summed E-state index contributed by atoms with van der Waals surface area (Å²) in [5.41, 5.74) is 0. The van der Waals surface area contributed by atoms with E-state index in [0.29, 0.717) is 19.0 Å². The zero-order chi connectivity index (χ0) is 15.9. The Morgan fingerprint density at radius 2 is 2.32 bits per heavy atom. The zero-order valence-corrected chi connectivity index (χ0v) is 14.1. The third-order valence-electron chi connectivity index (χ3n) is 4.06. The molecular weight excluding hydrogens is 298 g/mol. The Kier molecular flexibility index (Phi) is 6.24. The van der Waals surface area contributed by atoms with E-state index in [1.54, 1.807) is 23.3 Å². The Morgan fingerprint density at radius 1 is 1.50 bits per heavy atom. The Labute approximate surface area is 136 Å². The first-order valence-corrected chi connectivity index (χ1v) is 8.75. The average Bonchev–Trinajstić information content (AvgIpc) is 3.04. The summed E-state index contributed by atoms with van der Waals surface area (Å²) in [7, 11) is 1.65. The van der Waals surface area contributed by atoms with Crippen molar-refractivity contribution in [1.29, 1.82) is 0 Å². The van der Waals surface area contributed by atoms with Gasteiger partial charge in [0.2, 0.25) is 5.91 Å². The average molecular weight is 323 g/mol. The molecule has 2 N–H and O–H groups in total. The van der Waals surface area contributed by atoms with Gasteiger partial charge in [0, 0.05) is 31.6 Å². The maximum absolute atomic E-state index is 12.2. The third-order valence-corrected chi connectivity index (χ3v) is 4.96. The molecule has 1 aliphatic heterocycles. The van der Waals surface area contributed by atoms with Gasteiger partial charge in [-0.3, -0.25) is 4.79 Å². The van der Waals surface area contributed by atoms with Crippen LogP contribution in [-0.2, 0) is 11.2 Å². The Balaban J connectivity index is 1.75. The summed E-state index contributed by atoms with van der Waals surface area (Å²) in [4.78, 5) is 27.1. The number of hydrogen-bond donors (Lipinski definition) is 2. The minimum absolute atomic E-state index is 0.0311. The summed E-state index contributed by atoms with van der Waals surface area (Å²) < 4.78 is 0. The lowest BCUT2D eigenvalue weighted by Crippen LogP contribution is -2.49. The fourth-order valence-corrected chi connectivity index (χ4v) is 3.67. The minimum atomic E-state index is -0.0759. The smallest absolute Gasteiger partial charge is 0.317 e. The van der Waals surface area contributed by atoms with Crippen LogP contribution in [0.2, 0.25) is 0 Å². The van der Waals surface area contributed by atoms with Crippen LogP contribution in [0.1, 0.15) is 24.6 Å². The molecule has 0 radical (unpaired) electrons. The number of amides is 3. The predicted octanol–water partition coefficient (Wildman–Crippen LogP) is 2.09. The molecule has 2 heterocycles. The molecule has 0 spiro atoms. The van der Waals surface area contributed by atoms with Gasteiger partial charge in [-0.05, 0) is 36.6 Å². The normalized spacial score (nSPS) is 19.5. The standard InChI is InChI=1S/C16H25N3O2S/c1-12(9-14-6-4-8-22-14)10-18-16(21)19-7-3-5-13(11-19)15(20)17-2/h4,6,8,12-13H,3,5,7,9-11H2,1-2H3,(H,17,20)(H,18,21)/t12-,13+/m0/s1. The van der Waals surface area contributed by atoms with E-state index in [1.165, 1.54) is 4.88 Å². The summed E-state index contributed by atoms with van der Waals surface area (Å²) in [5, 5.41) is 7.75. The van der Waals surface area contributed by atoms with Gasteiger partial charge in [0.05, 0.1) is 5.92 Å². The van der Waals surface area contributed by atoms with E-state index in [9.17, 15) is 9.59 Å². The van der Waals surface area contributed by atoms with Crippen molar-refractivity contribution >= 4 is 23.3 Å². The van der Waals surface area contributed by atoms with Crippen LogP contribution in [0, 0.1) is 11.8 Å². The van der Waals surface area contributed by atoms with Crippen molar-refractivity contribution in [1.82, 2.24) is 15.5 Å². The van der Waals surface area contributed by atoms with Gasteiger partial charge in [0.1, 0.15) is 0 Å². The van der Waals surface area contributed by atoms with E-state index in [-0.39, 0.29) is 17.9 Å². The highest BCUT2D eigenvalue weighted by molar-refractivity contribution is 7.09. The number of nitrogens with one attached hydrogen (secondary N) is 2. The number of rotatable bonds is 5. The molecule has 0 unspecified atom stereocenters. The molecule has 1 fully saturated rings. The van der Waals surface area contributed by atoms with Crippen LogP contribution in [0.4, 0.5) is 4.79 Å². The summed E-state index contributed by atoms with van der Waals surface area (Å²) in [5.74, 6) is 0.360. The third kappa shape index (κ3) is 4.73. The van der Waals surface area contributed by atoms with Crippen molar-refractivity contribution < 1.29 is 9.59 Å². The predicted molar refractivity (Wildman–Crippen MR) is 88.9 cm³/mol.